The van der Waals surface area contributed by atoms with E-state index in [1.165, 1.54) is 6.21 Å². The molecule has 0 radical (unpaired) electrons. The van der Waals surface area contributed by atoms with Gasteiger partial charge in [-0.05, 0) is 48.9 Å². The predicted molar refractivity (Wildman–Crippen MR) is 107 cm³/mol. The molecular formula is C22H19N3O2. The first kappa shape index (κ1) is 18.1. The Bertz CT molecular complexity index is 964. The van der Waals surface area contributed by atoms with Crippen LogP contribution in [0.1, 0.15) is 31.8 Å². The summed E-state index contributed by atoms with van der Waals surface area (Å²) in [5.74, 6) is -0.461. The summed E-state index contributed by atoms with van der Waals surface area (Å²) < 4.78 is 0. The highest BCUT2D eigenvalue weighted by atomic mass is 16.2. The molecule has 0 saturated carbocycles. The van der Waals surface area contributed by atoms with Crippen molar-refractivity contribution in [1.29, 1.82) is 0 Å². The molecule has 5 heteroatoms. The monoisotopic (exact) mass is 357 g/mol. The van der Waals surface area contributed by atoms with Crippen LogP contribution in [0.15, 0.2) is 84.0 Å². The fraction of sp³-hybridized carbons (Fsp3) is 0.0455. The maximum Gasteiger partial charge on any atom is 0.271 e. The average Bonchev–Trinajstić information content (AvgIpc) is 2.69. The van der Waals surface area contributed by atoms with Crippen molar-refractivity contribution in [3.8, 4) is 0 Å². The summed E-state index contributed by atoms with van der Waals surface area (Å²) in [5, 5.41) is 6.82. The summed E-state index contributed by atoms with van der Waals surface area (Å²) >= 11 is 0. The molecule has 5 nitrogen and oxygen atoms in total. The molecule has 0 aliphatic rings. The van der Waals surface area contributed by atoms with Crippen molar-refractivity contribution in [3.63, 3.8) is 0 Å². The molecule has 3 aromatic carbocycles. The Kier molecular flexibility index (Phi) is 5.74. The zero-order chi connectivity index (χ0) is 19.1. The lowest BCUT2D eigenvalue weighted by molar-refractivity contribution is 0.0954. The molecule has 0 unspecified atom stereocenters. The van der Waals surface area contributed by atoms with Crippen LogP contribution in [0.4, 0.5) is 5.69 Å². The van der Waals surface area contributed by atoms with Gasteiger partial charge < -0.3 is 5.32 Å². The minimum absolute atomic E-state index is 0.179. The highest BCUT2D eigenvalue weighted by Crippen LogP contribution is 2.12. The Balaban J connectivity index is 1.62. The second kappa shape index (κ2) is 8.58. The van der Waals surface area contributed by atoms with Gasteiger partial charge in [0.1, 0.15) is 0 Å². The molecule has 0 aliphatic heterocycles. The van der Waals surface area contributed by atoms with Crippen molar-refractivity contribution < 1.29 is 9.59 Å². The van der Waals surface area contributed by atoms with Gasteiger partial charge in [0.05, 0.1) is 6.21 Å². The van der Waals surface area contributed by atoms with Crippen LogP contribution in [-0.4, -0.2) is 18.0 Å². The van der Waals surface area contributed by atoms with Crippen molar-refractivity contribution in [2.24, 2.45) is 5.10 Å². The normalized spacial score (nSPS) is 10.6. The van der Waals surface area contributed by atoms with E-state index in [0.717, 1.165) is 11.1 Å². The number of carbonyl (C=O) groups excluding carboxylic acids is 2. The molecule has 134 valence electrons. The van der Waals surface area contributed by atoms with E-state index in [4.69, 9.17) is 0 Å². The molecule has 27 heavy (non-hydrogen) atoms. The summed E-state index contributed by atoms with van der Waals surface area (Å²) in [4.78, 5) is 24.2. The molecule has 0 heterocycles. The van der Waals surface area contributed by atoms with Crippen LogP contribution in [-0.2, 0) is 0 Å². The number of rotatable bonds is 5. The van der Waals surface area contributed by atoms with Gasteiger partial charge in [-0.15, -0.1) is 0 Å². The van der Waals surface area contributed by atoms with Gasteiger partial charge in [0.2, 0.25) is 0 Å². The average molecular weight is 357 g/mol. The second-order valence-corrected chi connectivity index (χ2v) is 6.01. The number of benzene rings is 3. The third-order valence-electron chi connectivity index (χ3n) is 3.87. The van der Waals surface area contributed by atoms with E-state index >= 15 is 0 Å². The van der Waals surface area contributed by atoms with Gasteiger partial charge in [0.25, 0.3) is 11.8 Å². The first-order chi connectivity index (χ1) is 13.1. The minimum atomic E-state index is -0.282. The number of hydrogen-bond donors (Lipinski definition) is 2. The molecule has 0 spiro atoms. The summed E-state index contributed by atoms with van der Waals surface area (Å²) in [5.41, 5.74) is 6.12. The van der Waals surface area contributed by atoms with Crippen molar-refractivity contribution in [2.45, 2.75) is 6.92 Å². The first-order valence-electron chi connectivity index (χ1n) is 8.48. The quantitative estimate of drug-likeness (QED) is 0.535. The topological polar surface area (TPSA) is 70.6 Å². The summed E-state index contributed by atoms with van der Waals surface area (Å²) in [6, 6.07) is 23.4. The predicted octanol–water partition coefficient (Wildman–Crippen LogP) is 4.01. The Morgan fingerprint density at radius 2 is 1.52 bits per heavy atom. The Morgan fingerprint density at radius 1 is 0.815 bits per heavy atom. The highest BCUT2D eigenvalue weighted by Gasteiger charge is 2.06. The maximum atomic E-state index is 12.3. The molecule has 0 aliphatic carbocycles. The number of aryl methyl sites for hydroxylation is 1. The number of nitrogens with zero attached hydrogens (tertiary/aromatic N) is 1. The molecule has 3 rings (SSSR count). The van der Waals surface area contributed by atoms with Crippen LogP contribution in [0.5, 0.6) is 0 Å². The zero-order valence-corrected chi connectivity index (χ0v) is 14.8. The molecule has 0 aromatic heterocycles. The lowest BCUT2D eigenvalue weighted by Gasteiger charge is -2.06. The van der Waals surface area contributed by atoms with Crippen LogP contribution < -0.4 is 10.7 Å². The number of nitrogens with one attached hydrogen (secondary N) is 2. The van der Waals surface area contributed by atoms with E-state index in [-0.39, 0.29) is 11.8 Å². The zero-order valence-electron chi connectivity index (χ0n) is 14.8. The number of anilines is 1. The number of hydrogen-bond acceptors (Lipinski definition) is 3. The van der Waals surface area contributed by atoms with E-state index in [1.54, 1.807) is 48.5 Å². The van der Waals surface area contributed by atoms with E-state index in [9.17, 15) is 9.59 Å². The first-order valence-corrected chi connectivity index (χ1v) is 8.48. The SMILES string of the molecule is Cc1ccc(C(=O)Nc2cccc(C=NNC(=O)c3ccccc3)c2)cc1. The molecular weight excluding hydrogens is 338 g/mol. The summed E-state index contributed by atoms with van der Waals surface area (Å²) in [7, 11) is 0. The van der Waals surface area contributed by atoms with Gasteiger partial charge in [-0.2, -0.15) is 5.10 Å². The van der Waals surface area contributed by atoms with E-state index in [0.29, 0.717) is 16.8 Å². The van der Waals surface area contributed by atoms with Gasteiger partial charge in [-0.3, -0.25) is 9.59 Å². The maximum absolute atomic E-state index is 12.3. The molecule has 3 aromatic rings. The van der Waals surface area contributed by atoms with Crippen LogP contribution in [0.3, 0.4) is 0 Å². The molecule has 2 N–H and O–H groups in total. The van der Waals surface area contributed by atoms with E-state index < -0.39 is 0 Å². The second-order valence-electron chi connectivity index (χ2n) is 6.01. The molecule has 2 amide bonds. The summed E-state index contributed by atoms with van der Waals surface area (Å²) in [6.45, 7) is 1.97. The number of carbonyl (C=O) groups is 2. The van der Waals surface area contributed by atoms with Gasteiger partial charge >= 0.3 is 0 Å². The Labute approximate surface area is 157 Å². The van der Waals surface area contributed by atoms with E-state index in [1.807, 2.05) is 37.3 Å². The minimum Gasteiger partial charge on any atom is -0.322 e. The molecule has 0 saturated heterocycles. The van der Waals surface area contributed by atoms with Gasteiger partial charge in [0.15, 0.2) is 0 Å². The van der Waals surface area contributed by atoms with Crippen molar-refractivity contribution >= 4 is 23.7 Å². The standard InChI is InChI=1S/C22H19N3O2/c1-16-10-12-19(13-11-16)21(26)24-20-9-5-6-17(14-20)15-23-25-22(27)18-7-3-2-4-8-18/h2-15H,1H3,(H,24,26)(H,25,27). The molecule has 0 atom stereocenters. The van der Waals surface area contributed by atoms with Gasteiger partial charge in [-0.25, -0.2) is 5.43 Å². The Morgan fingerprint density at radius 3 is 2.26 bits per heavy atom. The number of hydrazone groups is 1. The largest absolute Gasteiger partial charge is 0.322 e. The van der Waals surface area contributed by atoms with Crippen LogP contribution in [0.2, 0.25) is 0 Å². The molecule has 0 bridgehead atoms. The van der Waals surface area contributed by atoms with Crippen molar-refractivity contribution in [2.75, 3.05) is 5.32 Å². The lowest BCUT2D eigenvalue weighted by Crippen LogP contribution is -2.17. The third kappa shape index (κ3) is 5.12. The fourth-order valence-electron chi connectivity index (χ4n) is 2.42. The third-order valence-corrected chi connectivity index (χ3v) is 3.87. The molecule has 0 fully saturated rings. The van der Waals surface area contributed by atoms with Crippen LogP contribution in [0.25, 0.3) is 0 Å². The van der Waals surface area contributed by atoms with Gasteiger partial charge in [0, 0.05) is 16.8 Å². The van der Waals surface area contributed by atoms with E-state index in [2.05, 4.69) is 15.8 Å². The number of amides is 2. The van der Waals surface area contributed by atoms with Crippen molar-refractivity contribution in [1.82, 2.24) is 5.43 Å². The van der Waals surface area contributed by atoms with Crippen LogP contribution in [0, 0.1) is 6.92 Å². The fourth-order valence-corrected chi connectivity index (χ4v) is 2.42. The summed E-state index contributed by atoms with van der Waals surface area (Å²) in [6.07, 6.45) is 1.53. The lowest BCUT2D eigenvalue weighted by atomic mass is 10.1. The van der Waals surface area contributed by atoms with Gasteiger partial charge in [-0.1, -0.05) is 48.0 Å². The van der Waals surface area contributed by atoms with Crippen molar-refractivity contribution in [3.05, 3.63) is 101 Å². The Hall–Kier alpha value is -3.73. The smallest absolute Gasteiger partial charge is 0.271 e. The van der Waals surface area contributed by atoms with Crippen LogP contribution >= 0.6 is 0 Å². The highest BCUT2D eigenvalue weighted by molar-refractivity contribution is 6.04.